The molecule has 20 heavy (non-hydrogen) atoms. The minimum absolute atomic E-state index is 0. The summed E-state index contributed by atoms with van der Waals surface area (Å²) in [6.07, 6.45) is 1.02. The summed E-state index contributed by atoms with van der Waals surface area (Å²) < 4.78 is 0. The summed E-state index contributed by atoms with van der Waals surface area (Å²) in [7, 11) is 0. The van der Waals surface area contributed by atoms with Crippen LogP contribution in [-0.2, 0) is 6.42 Å². The van der Waals surface area contributed by atoms with Gasteiger partial charge in [-0.05, 0) is 37.2 Å². The van der Waals surface area contributed by atoms with Crippen molar-refractivity contribution in [2.75, 3.05) is 31.5 Å². The van der Waals surface area contributed by atoms with E-state index < -0.39 is 0 Å². The van der Waals surface area contributed by atoms with Gasteiger partial charge in [0, 0.05) is 12.2 Å². The van der Waals surface area contributed by atoms with Gasteiger partial charge in [0.25, 0.3) is 0 Å². The molecule has 3 N–H and O–H groups in total. The van der Waals surface area contributed by atoms with Gasteiger partial charge in [-0.15, -0.1) is 24.0 Å². The number of likely N-dealkylation sites (N-methyl/N-ethyl adjacent to an activating group) is 1. The third-order valence-electron chi connectivity index (χ3n) is 3.20. The Morgan fingerprint density at radius 2 is 1.95 bits per heavy atom. The van der Waals surface area contributed by atoms with Crippen LogP contribution in [0.15, 0.2) is 29.3 Å². The largest absolute Gasteiger partial charge is 0.370 e. The predicted molar refractivity (Wildman–Crippen MR) is 99.1 cm³/mol. The molecule has 0 bridgehead atoms. The highest BCUT2D eigenvalue weighted by molar-refractivity contribution is 14.0. The molecular weight excluding hydrogens is 363 g/mol. The highest BCUT2D eigenvalue weighted by atomic mass is 127. The van der Waals surface area contributed by atoms with Crippen LogP contribution in [0, 0.1) is 0 Å². The van der Waals surface area contributed by atoms with Crippen molar-refractivity contribution in [3.05, 3.63) is 29.8 Å². The van der Waals surface area contributed by atoms with E-state index in [9.17, 15) is 0 Å². The number of nitrogens with two attached hydrogens (primary N) is 1. The smallest absolute Gasteiger partial charge is 0.193 e. The van der Waals surface area contributed by atoms with Gasteiger partial charge in [-0.1, -0.05) is 32.9 Å². The van der Waals surface area contributed by atoms with E-state index >= 15 is 0 Å². The van der Waals surface area contributed by atoms with Crippen molar-refractivity contribution in [3.63, 3.8) is 0 Å². The molecule has 1 aromatic carbocycles. The number of aliphatic imine (C=N–C) groups is 1. The molecule has 0 aliphatic heterocycles. The fraction of sp³-hybridized carbons (Fsp3) is 0.533. The number of hydrogen-bond donors (Lipinski definition) is 2. The fourth-order valence-corrected chi connectivity index (χ4v) is 1.91. The molecule has 0 radical (unpaired) electrons. The molecule has 114 valence electrons. The molecular formula is C15H27IN4. The second kappa shape index (κ2) is 10.9. The van der Waals surface area contributed by atoms with Gasteiger partial charge in [0.1, 0.15) is 0 Å². The Morgan fingerprint density at radius 1 is 1.25 bits per heavy atom. The van der Waals surface area contributed by atoms with Gasteiger partial charge in [0.2, 0.25) is 0 Å². The van der Waals surface area contributed by atoms with Gasteiger partial charge in [-0.25, -0.2) is 0 Å². The SMILES string of the molecule is CCc1cccc(NC(N)=NCCN(CC)CC)c1.I. The maximum atomic E-state index is 5.89. The Hall–Kier alpha value is -0.820. The number of anilines is 1. The monoisotopic (exact) mass is 390 g/mol. The normalized spacial score (nSPS) is 11.3. The first-order chi connectivity index (χ1) is 9.19. The molecule has 0 saturated heterocycles. The minimum atomic E-state index is 0. The third kappa shape index (κ3) is 7.09. The van der Waals surface area contributed by atoms with E-state index in [0.717, 1.165) is 38.3 Å². The number of nitrogens with one attached hydrogen (secondary N) is 1. The summed E-state index contributed by atoms with van der Waals surface area (Å²) in [6, 6.07) is 8.25. The van der Waals surface area contributed by atoms with Gasteiger partial charge in [-0.2, -0.15) is 0 Å². The molecule has 1 aromatic rings. The van der Waals surface area contributed by atoms with Crippen molar-refractivity contribution in [2.45, 2.75) is 27.2 Å². The standard InChI is InChI=1S/C15H26N4.HI/c1-4-13-8-7-9-14(12-13)18-15(16)17-10-11-19(5-2)6-3;/h7-9,12H,4-6,10-11H2,1-3H3,(H3,16,17,18);1H. The Morgan fingerprint density at radius 3 is 2.55 bits per heavy atom. The van der Waals surface area contributed by atoms with Crippen molar-refractivity contribution >= 4 is 35.6 Å². The average Bonchev–Trinajstić information content (AvgIpc) is 2.44. The van der Waals surface area contributed by atoms with Gasteiger partial charge in [0.15, 0.2) is 5.96 Å². The number of halogens is 1. The molecule has 4 nitrogen and oxygen atoms in total. The summed E-state index contributed by atoms with van der Waals surface area (Å²) >= 11 is 0. The topological polar surface area (TPSA) is 53.6 Å². The van der Waals surface area contributed by atoms with Crippen LogP contribution in [0.1, 0.15) is 26.3 Å². The molecule has 0 unspecified atom stereocenters. The first kappa shape index (κ1) is 19.2. The van der Waals surface area contributed by atoms with Gasteiger partial charge in [-0.3, -0.25) is 4.99 Å². The van der Waals surface area contributed by atoms with E-state index in [2.05, 4.69) is 48.1 Å². The van der Waals surface area contributed by atoms with Crippen molar-refractivity contribution in [3.8, 4) is 0 Å². The quantitative estimate of drug-likeness (QED) is 0.428. The summed E-state index contributed by atoms with van der Waals surface area (Å²) in [5, 5.41) is 3.14. The summed E-state index contributed by atoms with van der Waals surface area (Å²) in [6.45, 7) is 10.2. The molecule has 0 atom stereocenters. The van der Waals surface area contributed by atoms with E-state index in [4.69, 9.17) is 5.73 Å². The Balaban J connectivity index is 0.00000361. The lowest BCUT2D eigenvalue weighted by Crippen LogP contribution is -2.28. The molecule has 0 fully saturated rings. The lowest BCUT2D eigenvalue weighted by molar-refractivity contribution is 0.313. The summed E-state index contributed by atoms with van der Waals surface area (Å²) in [4.78, 5) is 6.68. The number of hydrogen-bond acceptors (Lipinski definition) is 2. The van der Waals surface area contributed by atoms with Gasteiger partial charge < -0.3 is 16.0 Å². The van der Waals surface area contributed by atoms with Crippen LogP contribution in [0.5, 0.6) is 0 Å². The van der Waals surface area contributed by atoms with E-state index in [0.29, 0.717) is 5.96 Å². The van der Waals surface area contributed by atoms with Crippen LogP contribution in [-0.4, -0.2) is 37.0 Å². The molecule has 0 aliphatic rings. The maximum Gasteiger partial charge on any atom is 0.193 e. The van der Waals surface area contributed by atoms with E-state index in [1.54, 1.807) is 0 Å². The van der Waals surface area contributed by atoms with E-state index in [1.165, 1.54) is 5.56 Å². The number of benzene rings is 1. The van der Waals surface area contributed by atoms with Crippen molar-refractivity contribution < 1.29 is 0 Å². The molecule has 0 saturated carbocycles. The predicted octanol–water partition coefficient (Wildman–Crippen LogP) is 2.94. The zero-order valence-corrected chi connectivity index (χ0v) is 15.1. The van der Waals surface area contributed by atoms with Crippen LogP contribution in [0.2, 0.25) is 0 Å². The Kier molecular flexibility index (Phi) is 10.5. The average molecular weight is 390 g/mol. The Labute approximate surface area is 139 Å². The maximum absolute atomic E-state index is 5.89. The second-order valence-electron chi connectivity index (χ2n) is 4.47. The number of nitrogens with zero attached hydrogens (tertiary/aromatic N) is 2. The minimum Gasteiger partial charge on any atom is -0.370 e. The molecule has 0 aliphatic carbocycles. The second-order valence-corrected chi connectivity index (χ2v) is 4.47. The molecule has 0 aromatic heterocycles. The summed E-state index contributed by atoms with van der Waals surface area (Å²) in [5.41, 5.74) is 8.18. The van der Waals surface area contributed by atoms with Crippen LogP contribution < -0.4 is 11.1 Å². The number of guanidine groups is 1. The lowest BCUT2D eigenvalue weighted by Gasteiger charge is -2.16. The molecule has 5 heteroatoms. The lowest BCUT2D eigenvalue weighted by atomic mass is 10.1. The summed E-state index contributed by atoms with van der Waals surface area (Å²) in [5.74, 6) is 0.486. The van der Waals surface area contributed by atoms with Crippen molar-refractivity contribution in [2.24, 2.45) is 10.7 Å². The van der Waals surface area contributed by atoms with Crippen molar-refractivity contribution in [1.29, 1.82) is 0 Å². The van der Waals surface area contributed by atoms with Gasteiger partial charge >= 0.3 is 0 Å². The first-order valence-corrected chi connectivity index (χ1v) is 7.07. The zero-order chi connectivity index (χ0) is 14.1. The zero-order valence-electron chi connectivity index (χ0n) is 12.7. The van der Waals surface area contributed by atoms with Crippen LogP contribution in [0.4, 0.5) is 5.69 Å². The number of aryl methyl sites for hydroxylation is 1. The van der Waals surface area contributed by atoms with Crippen LogP contribution >= 0.6 is 24.0 Å². The molecule has 0 spiro atoms. The van der Waals surface area contributed by atoms with Crippen molar-refractivity contribution in [1.82, 2.24) is 4.90 Å². The highest BCUT2D eigenvalue weighted by Crippen LogP contribution is 2.10. The van der Waals surface area contributed by atoms with Crippen LogP contribution in [0.3, 0.4) is 0 Å². The first-order valence-electron chi connectivity index (χ1n) is 7.07. The molecule has 0 heterocycles. The number of rotatable bonds is 7. The molecule has 1 rings (SSSR count). The third-order valence-corrected chi connectivity index (χ3v) is 3.20. The molecule has 0 amide bonds. The van der Waals surface area contributed by atoms with E-state index in [-0.39, 0.29) is 24.0 Å². The highest BCUT2D eigenvalue weighted by Gasteiger charge is 1.99. The van der Waals surface area contributed by atoms with Gasteiger partial charge in [0.05, 0.1) is 6.54 Å². The fourth-order valence-electron chi connectivity index (χ4n) is 1.91. The van der Waals surface area contributed by atoms with E-state index in [1.807, 2.05) is 12.1 Å². The Bertz CT molecular complexity index is 403. The van der Waals surface area contributed by atoms with Crippen LogP contribution in [0.25, 0.3) is 0 Å².